The van der Waals surface area contributed by atoms with E-state index in [4.69, 9.17) is 5.73 Å². The quantitative estimate of drug-likeness (QED) is 0.824. The Bertz CT molecular complexity index is 584. The van der Waals surface area contributed by atoms with E-state index in [-0.39, 0.29) is 23.8 Å². The molecule has 0 spiro atoms. The molecule has 2 amide bonds. The monoisotopic (exact) mass is 331 g/mol. The number of rotatable bonds is 2. The third-order valence-corrected chi connectivity index (χ3v) is 5.11. The van der Waals surface area contributed by atoms with Gasteiger partial charge in [-0.05, 0) is 31.4 Å². The van der Waals surface area contributed by atoms with Crippen LogP contribution in [0.4, 0.5) is 0 Å². The highest BCUT2D eigenvalue weighted by molar-refractivity contribution is 5.94. The van der Waals surface area contributed by atoms with Crippen molar-refractivity contribution in [2.45, 2.75) is 31.4 Å². The van der Waals surface area contributed by atoms with E-state index in [1.54, 1.807) is 4.90 Å². The van der Waals surface area contributed by atoms with Crippen molar-refractivity contribution in [3.63, 3.8) is 0 Å². The number of carbonyl (C=O) groups excluding carboxylic acids is 2. The van der Waals surface area contributed by atoms with E-state index in [9.17, 15) is 14.7 Å². The van der Waals surface area contributed by atoms with Gasteiger partial charge in [-0.1, -0.05) is 18.2 Å². The summed E-state index contributed by atoms with van der Waals surface area (Å²) in [6.45, 7) is 2.24. The average molecular weight is 331 g/mol. The number of amides is 2. The Morgan fingerprint density at radius 1 is 1.00 bits per heavy atom. The van der Waals surface area contributed by atoms with Crippen LogP contribution in [0.2, 0.25) is 0 Å². The van der Waals surface area contributed by atoms with Gasteiger partial charge in [0.1, 0.15) is 0 Å². The molecule has 130 valence electrons. The number of piperazine rings is 1. The maximum absolute atomic E-state index is 12.6. The van der Waals surface area contributed by atoms with Crippen LogP contribution in [-0.4, -0.2) is 65.0 Å². The van der Waals surface area contributed by atoms with Crippen LogP contribution in [0.15, 0.2) is 30.3 Å². The summed E-state index contributed by atoms with van der Waals surface area (Å²) in [5, 5.41) is 9.70. The standard InChI is InChI=1S/C18H25N3O3/c19-15-12-14(6-7-16(15)22)18(24)21-10-8-20(9-11-21)17(23)13-4-2-1-3-5-13/h1-5,14-16,22H,6-12,19H2/t14-,15+,16+/m0/s1. The Hall–Kier alpha value is -1.92. The number of hydrogen-bond acceptors (Lipinski definition) is 4. The van der Waals surface area contributed by atoms with E-state index in [0.717, 1.165) is 0 Å². The van der Waals surface area contributed by atoms with Crippen LogP contribution in [0.3, 0.4) is 0 Å². The Labute approximate surface area is 142 Å². The van der Waals surface area contributed by atoms with Crippen molar-refractivity contribution in [2.75, 3.05) is 26.2 Å². The highest BCUT2D eigenvalue weighted by Crippen LogP contribution is 2.26. The van der Waals surface area contributed by atoms with Gasteiger partial charge in [-0.2, -0.15) is 0 Å². The fourth-order valence-corrected chi connectivity index (χ4v) is 3.57. The molecule has 1 aromatic carbocycles. The van der Waals surface area contributed by atoms with E-state index in [2.05, 4.69) is 0 Å². The van der Waals surface area contributed by atoms with Gasteiger partial charge >= 0.3 is 0 Å². The van der Waals surface area contributed by atoms with Crippen molar-refractivity contribution in [3.05, 3.63) is 35.9 Å². The molecule has 6 nitrogen and oxygen atoms in total. The maximum atomic E-state index is 12.6. The molecule has 1 saturated carbocycles. The summed E-state index contributed by atoms with van der Waals surface area (Å²) < 4.78 is 0. The van der Waals surface area contributed by atoms with Crippen molar-refractivity contribution >= 4 is 11.8 Å². The topological polar surface area (TPSA) is 86.9 Å². The minimum Gasteiger partial charge on any atom is -0.392 e. The largest absolute Gasteiger partial charge is 0.392 e. The van der Waals surface area contributed by atoms with Crippen LogP contribution in [0.5, 0.6) is 0 Å². The summed E-state index contributed by atoms with van der Waals surface area (Å²) in [4.78, 5) is 28.7. The molecule has 1 aliphatic heterocycles. The summed E-state index contributed by atoms with van der Waals surface area (Å²) in [5.74, 6) is 0.0365. The molecule has 3 rings (SSSR count). The van der Waals surface area contributed by atoms with Crippen LogP contribution in [0.1, 0.15) is 29.6 Å². The summed E-state index contributed by atoms with van der Waals surface area (Å²) >= 11 is 0. The lowest BCUT2D eigenvalue weighted by Gasteiger charge is -2.38. The number of carbonyl (C=O) groups is 2. The van der Waals surface area contributed by atoms with Crippen molar-refractivity contribution < 1.29 is 14.7 Å². The third-order valence-electron chi connectivity index (χ3n) is 5.11. The molecule has 3 N–H and O–H groups in total. The first-order valence-electron chi connectivity index (χ1n) is 8.63. The molecule has 1 saturated heterocycles. The van der Waals surface area contributed by atoms with Gasteiger partial charge in [0, 0.05) is 43.7 Å². The lowest BCUT2D eigenvalue weighted by molar-refractivity contribution is -0.139. The van der Waals surface area contributed by atoms with E-state index in [1.165, 1.54) is 0 Å². The summed E-state index contributed by atoms with van der Waals surface area (Å²) in [6, 6.07) is 8.91. The molecule has 0 radical (unpaired) electrons. The Morgan fingerprint density at radius 3 is 2.25 bits per heavy atom. The molecule has 2 fully saturated rings. The second kappa shape index (κ2) is 7.32. The fraction of sp³-hybridized carbons (Fsp3) is 0.556. The first-order valence-corrected chi connectivity index (χ1v) is 8.63. The SMILES string of the molecule is N[C@@H]1C[C@@H](C(=O)N2CCN(C(=O)c3ccccc3)CC2)CC[C@H]1O. The molecule has 0 aromatic heterocycles. The van der Waals surface area contributed by atoms with Crippen molar-refractivity contribution in [1.29, 1.82) is 0 Å². The van der Waals surface area contributed by atoms with Gasteiger partial charge in [0.2, 0.25) is 5.91 Å². The normalized spacial score (nSPS) is 27.8. The van der Waals surface area contributed by atoms with Gasteiger partial charge in [0.15, 0.2) is 0 Å². The first-order chi connectivity index (χ1) is 11.6. The van der Waals surface area contributed by atoms with Gasteiger partial charge in [-0.15, -0.1) is 0 Å². The first kappa shape index (κ1) is 16.9. The van der Waals surface area contributed by atoms with Crippen LogP contribution in [0, 0.1) is 5.92 Å². The Balaban J connectivity index is 1.53. The average Bonchev–Trinajstić information content (AvgIpc) is 2.63. The van der Waals surface area contributed by atoms with E-state index in [1.807, 2.05) is 35.2 Å². The third kappa shape index (κ3) is 3.60. The second-order valence-electron chi connectivity index (χ2n) is 6.72. The molecule has 3 atom stereocenters. The Morgan fingerprint density at radius 2 is 1.62 bits per heavy atom. The van der Waals surface area contributed by atoms with E-state index < -0.39 is 6.10 Å². The summed E-state index contributed by atoms with van der Waals surface area (Å²) in [5.41, 5.74) is 6.57. The highest BCUT2D eigenvalue weighted by Gasteiger charge is 2.34. The van der Waals surface area contributed by atoms with Crippen molar-refractivity contribution in [2.24, 2.45) is 11.7 Å². The molecule has 1 aromatic rings. The minimum atomic E-state index is -0.491. The molecule has 1 heterocycles. The number of aliphatic hydroxyl groups is 1. The predicted octanol–water partition coefficient (Wildman–Crippen LogP) is 0.459. The van der Waals surface area contributed by atoms with E-state index >= 15 is 0 Å². The molecular formula is C18H25N3O3. The molecule has 24 heavy (non-hydrogen) atoms. The molecule has 1 aliphatic carbocycles. The smallest absolute Gasteiger partial charge is 0.253 e. The molecule has 0 bridgehead atoms. The number of aliphatic hydroxyl groups excluding tert-OH is 1. The van der Waals surface area contributed by atoms with Gasteiger partial charge in [0.25, 0.3) is 5.91 Å². The van der Waals surface area contributed by atoms with Crippen LogP contribution in [0.25, 0.3) is 0 Å². The number of nitrogens with zero attached hydrogens (tertiary/aromatic N) is 2. The molecule has 0 unspecified atom stereocenters. The fourth-order valence-electron chi connectivity index (χ4n) is 3.57. The number of nitrogens with two attached hydrogens (primary N) is 1. The summed E-state index contributed by atoms with van der Waals surface area (Å²) in [6.07, 6.45) is 1.33. The lowest BCUT2D eigenvalue weighted by Crippen LogP contribution is -2.53. The zero-order valence-electron chi connectivity index (χ0n) is 13.8. The molecule has 6 heteroatoms. The van der Waals surface area contributed by atoms with Gasteiger partial charge in [-0.3, -0.25) is 9.59 Å². The summed E-state index contributed by atoms with van der Waals surface area (Å²) in [7, 11) is 0. The van der Waals surface area contributed by atoms with Gasteiger partial charge < -0.3 is 20.6 Å². The number of benzene rings is 1. The van der Waals surface area contributed by atoms with Crippen LogP contribution in [-0.2, 0) is 4.79 Å². The lowest BCUT2D eigenvalue weighted by atomic mass is 9.83. The minimum absolute atomic E-state index is 0.0190. The van der Waals surface area contributed by atoms with Crippen molar-refractivity contribution in [1.82, 2.24) is 9.80 Å². The molecule has 2 aliphatic rings. The van der Waals surface area contributed by atoms with Gasteiger partial charge in [0.05, 0.1) is 6.10 Å². The molecular weight excluding hydrogens is 306 g/mol. The van der Waals surface area contributed by atoms with Crippen LogP contribution >= 0.6 is 0 Å². The number of hydrogen-bond donors (Lipinski definition) is 2. The zero-order chi connectivity index (χ0) is 17.1. The Kier molecular flexibility index (Phi) is 5.16. The van der Waals surface area contributed by atoms with Crippen LogP contribution < -0.4 is 5.73 Å². The second-order valence-corrected chi connectivity index (χ2v) is 6.72. The predicted molar refractivity (Wildman–Crippen MR) is 90.2 cm³/mol. The van der Waals surface area contributed by atoms with Crippen molar-refractivity contribution in [3.8, 4) is 0 Å². The maximum Gasteiger partial charge on any atom is 0.253 e. The van der Waals surface area contributed by atoms with Gasteiger partial charge in [-0.25, -0.2) is 0 Å². The van der Waals surface area contributed by atoms with E-state index in [0.29, 0.717) is 51.0 Å². The highest BCUT2D eigenvalue weighted by atomic mass is 16.3. The zero-order valence-corrected chi connectivity index (χ0v) is 13.8.